The minimum atomic E-state index is -1.30. The first-order valence-corrected chi connectivity index (χ1v) is 15.0. The van der Waals surface area contributed by atoms with Crippen LogP contribution in [0.4, 0.5) is 0 Å². The van der Waals surface area contributed by atoms with Gasteiger partial charge < -0.3 is 23.5 Å². The summed E-state index contributed by atoms with van der Waals surface area (Å²) in [6, 6.07) is 15.6. The van der Waals surface area contributed by atoms with Crippen LogP contribution in [0.2, 0.25) is 0 Å². The quantitative estimate of drug-likeness (QED) is 0.135. The van der Waals surface area contributed by atoms with Crippen LogP contribution in [0.3, 0.4) is 0 Å². The Bertz CT molecular complexity index is 797. The Kier molecular flexibility index (Phi) is 16.7. The summed E-state index contributed by atoms with van der Waals surface area (Å²) < 4.78 is 13.1. The second kappa shape index (κ2) is 16.3. The van der Waals surface area contributed by atoms with E-state index in [2.05, 4.69) is 37.1 Å². The number of nitrogens with zero attached hydrogens (tertiary/aromatic N) is 3. The summed E-state index contributed by atoms with van der Waals surface area (Å²) in [6.07, 6.45) is 2.64. The minimum absolute atomic E-state index is 0. The van der Waals surface area contributed by atoms with E-state index in [1.807, 2.05) is 55.6 Å². The molecule has 0 amide bonds. The van der Waals surface area contributed by atoms with Crippen LogP contribution in [0, 0.1) is 14.1 Å². The molecule has 3 unspecified atom stereocenters. The molecule has 0 fully saturated rings. The second-order valence-electron chi connectivity index (χ2n) is 5.87. The minimum Gasteiger partial charge on any atom is -0.610 e. The van der Waals surface area contributed by atoms with Crippen molar-refractivity contribution in [3.05, 3.63) is 73.8 Å². The average Bonchev–Trinajstić information content (AvgIpc) is 2.66. The molecule has 0 saturated carbocycles. The Balaban J connectivity index is 0.00000420. The monoisotopic (exact) mass is 838 g/mol. The van der Waals surface area contributed by atoms with Crippen molar-refractivity contribution in [2.45, 2.75) is 6.42 Å². The van der Waals surface area contributed by atoms with Crippen LogP contribution in [0.15, 0.2) is 53.6 Å². The fourth-order valence-electron chi connectivity index (χ4n) is 2.08. The maximum absolute atomic E-state index is 5.84. The molecule has 0 N–H and O–H groups in total. The van der Waals surface area contributed by atoms with E-state index in [0.717, 1.165) is 30.0 Å². The predicted molar refractivity (Wildman–Crippen MR) is 131 cm³/mol. The molecule has 0 spiro atoms. The molecular formula is C18H24N3O2P4SW2-. The largest absolute Gasteiger partial charge is 0.610 e. The Hall–Kier alpha value is 0.657. The zero-order chi connectivity index (χ0) is 20.5. The summed E-state index contributed by atoms with van der Waals surface area (Å²) in [5.74, 6) is 1.57. The van der Waals surface area contributed by atoms with Crippen LogP contribution in [0.25, 0.3) is 0 Å². The molecule has 162 valence electrons. The third kappa shape index (κ3) is 12.0. The summed E-state index contributed by atoms with van der Waals surface area (Å²) in [7, 11) is 12.7. The van der Waals surface area contributed by atoms with Crippen LogP contribution in [-0.2, 0) is 60.4 Å². The molecule has 3 atom stereocenters. The molecule has 0 heterocycles. The normalized spacial score (nSPS) is 11.1. The average molecular weight is 838 g/mol. The molecule has 2 rings (SSSR count). The first-order chi connectivity index (χ1) is 13.3. The molecule has 0 bridgehead atoms. The van der Waals surface area contributed by atoms with Gasteiger partial charge in [-0.05, 0) is 53.9 Å². The summed E-state index contributed by atoms with van der Waals surface area (Å²) in [5, 5.41) is 4.39. The van der Waals surface area contributed by atoms with Crippen LogP contribution in [-0.4, -0.2) is 29.5 Å². The van der Waals surface area contributed by atoms with Crippen molar-refractivity contribution < 1.29 is 51.2 Å². The standard InChI is InChI=1S/C18H24N3O2P4S.2W/c1-20(2)13-12-15-4-8-17(9-5-15)22-26(28)21(3)19-14-16-6-10-18(11-7-16)23-27(24)25;;/h4-11,14H,1-2,12-13,24-25H2,3H3;;/q-1;;/b19-14+;;. The van der Waals surface area contributed by atoms with Crippen molar-refractivity contribution in [3.63, 3.8) is 0 Å². The molecule has 0 aliphatic rings. The summed E-state index contributed by atoms with van der Waals surface area (Å²) in [5.41, 5.74) is 2.16. The van der Waals surface area contributed by atoms with Gasteiger partial charge in [-0.3, -0.25) is 4.52 Å². The zero-order valence-corrected chi connectivity index (χ0v) is 27.2. The van der Waals surface area contributed by atoms with Gasteiger partial charge in [-0.15, -0.1) is 5.10 Å². The van der Waals surface area contributed by atoms with Crippen molar-refractivity contribution >= 4 is 50.5 Å². The predicted octanol–water partition coefficient (Wildman–Crippen LogP) is 5.58. The maximum atomic E-state index is 5.84. The number of rotatable bonds is 10. The molecular weight excluding hydrogens is 814 g/mol. The fourth-order valence-corrected chi connectivity index (χ4v) is 4.12. The first kappa shape index (κ1) is 30.7. The van der Waals surface area contributed by atoms with Gasteiger partial charge in [0.25, 0.3) is 0 Å². The van der Waals surface area contributed by atoms with Gasteiger partial charge >= 0.3 is 7.07 Å². The van der Waals surface area contributed by atoms with Crippen LogP contribution in [0.5, 0.6) is 11.5 Å². The number of hydrazone groups is 1. The van der Waals surface area contributed by atoms with E-state index in [9.17, 15) is 0 Å². The third-order valence-corrected chi connectivity index (χ3v) is 6.45. The third-order valence-electron chi connectivity index (χ3n) is 3.52. The van der Waals surface area contributed by atoms with Crippen molar-refractivity contribution in [1.82, 2.24) is 9.68 Å². The smallest absolute Gasteiger partial charge is 0.540 e. The summed E-state index contributed by atoms with van der Waals surface area (Å²) >= 11 is 5.45. The van der Waals surface area contributed by atoms with Crippen molar-refractivity contribution in [1.29, 1.82) is 0 Å². The van der Waals surface area contributed by atoms with Crippen molar-refractivity contribution in [2.75, 3.05) is 13.6 Å². The molecule has 12 heteroatoms. The molecule has 0 aliphatic carbocycles. The molecule has 0 aromatic heterocycles. The molecule has 30 heavy (non-hydrogen) atoms. The fraction of sp³-hybridized carbons (Fsp3) is 0.167. The van der Waals surface area contributed by atoms with Crippen molar-refractivity contribution in [2.24, 2.45) is 5.10 Å². The van der Waals surface area contributed by atoms with Gasteiger partial charge in [-0.25, -0.2) is 0 Å². The first-order valence-electron chi connectivity index (χ1n) is 8.31. The Morgan fingerprint density at radius 1 is 1.07 bits per heavy atom. The van der Waals surface area contributed by atoms with E-state index in [1.54, 1.807) is 15.9 Å². The van der Waals surface area contributed by atoms with E-state index in [-0.39, 0.29) is 42.1 Å². The summed E-state index contributed by atoms with van der Waals surface area (Å²) in [6.45, 7) is 0.800. The molecule has 5 nitrogen and oxygen atoms in total. The Morgan fingerprint density at radius 3 is 2.17 bits per heavy atom. The zero-order valence-electron chi connectivity index (χ0n) is 16.5. The van der Waals surface area contributed by atoms with Gasteiger partial charge in [0.05, 0.1) is 13.3 Å². The second-order valence-corrected chi connectivity index (χ2v) is 13.8. The van der Waals surface area contributed by atoms with E-state index < -0.39 is 14.6 Å². The Morgan fingerprint density at radius 2 is 1.63 bits per heavy atom. The van der Waals surface area contributed by atoms with E-state index in [0.29, 0.717) is 0 Å². The van der Waals surface area contributed by atoms with Gasteiger partial charge in [-0.1, -0.05) is 41.3 Å². The molecule has 0 radical (unpaired) electrons. The van der Waals surface area contributed by atoms with Crippen LogP contribution < -0.4 is 9.05 Å². The summed E-state index contributed by atoms with van der Waals surface area (Å²) in [4.78, 5) is 1.67. The van der Waals surface area contributed by atoms with Gasteiger partial charge in [0.2, 0.25) is 11.8 Å². The molecule has 0 saturated heterocycles. The SMILES string of the molecule is [CH2-]N([CH2-])CCc1ccc(O[P+](=S)N(C)/N=C/c2ccc(OP(P)P)cc2)cc1.[W].[W]. The molecule has 2 aromatic carbocycles. The van der Waals surface area contributed by atoms with Gasteiger partial charge in [0.1, 0.15) is 13.3 Å². The van der Waals surface area contributed by atoms with Gasteiger partial charge in [0.15, 0.2) is 5.75 Å². The number of hydrogen-bond donors (Lipinski definition) is 0. The van der Waals surface area contributed by atoms with E-state index in [1.165, 1.54) is 5.56 Å². The number of benzene rings is 2. The topological polar surface area (TPSA) is 37.3 Å². The maximum Gasteiger partial charge on any atom is 0.540 e. The van der Waals surface area contributed by atoms with E-state index >= 15 is 0 Å². The van der Waals surface area contributed by atoms with Crippen molar-refractivity contribution in [3.8, 4) is 11.5 Å². The van der Waals surface area contributed by atoms with Crippen LogP contribution in [0.1, 0.15) is 11.1 Å². The number of hydrogen-bond acceptors (Lipinski definition) is 5. The van der Waals surface area contributed by atoms with Crippen LogP contribution >= 0.6 is 32.5 Å². The van der Waals surface area contributed by atoms with Gasteiger partial charge in [-0.2, -0.15) is 0 Å². The van der Waals surface area contributed by atoms with E-state index in [4.69, 9.17) is 20.9 Å². The molecule has 0 aliphatic heterocycles. The van der Waals surface area contributed by atoms with Gasteiger partial charge in [0, 0.05) is 42.1 Å². The molecule has 2 aromatic rings. The Labute approximate surface area is 220 Å².